The summed E-state index contributed by atoms with van der Waals surface area (Å²) in [6.07, 6.45) is -3.91. The van der Waals surface area contributed by atoms with E-state index < -0.39 is 29.0 Å². The highest BCUT2D eigenvalue weighted by atomic mass is 19.4. The molecule has 2 fully saturated rings. The first-order valence-electron chi connectivity index (χ1n) is 11.0. The number of carbonyl (C=O) groups is 3. The van der Waals surface area contributed by atoms with Crippen LogP contribution in [0.25, 0.3) is 0 Å². The number of imide groups is 1. The lowest BCUT2D eigenvalue weighted by molar-refractivity contribution is -0.143. The van der Waals surface area contributed by atoms with E-state index in [1.54, 1.807) is 11.8 Å². The number of halogens is 3. The predicted octanol–water partition coefficient (Wildman–Crippen LogP) is 4.30. The number of benzene rings is 2. The summed E-state index contributed by atoms with van der Waals surface area (Å²) in [7, 11) is 0. The summed E-state index contributed by atoms with van der Waals surface area (Å²) >= 11 is 0. The summed E-state index contributed by atoms with van der Waals surface area (Å²) < 4.78 is 40.3. The van der Waals surface area contributed by atoms with Crippen LogP contribution in [0.5, 0.6) is 0 Å². The highest BCUT2D eigenvalue weighted by Crippen LogP contribution is 2.45. The van der Waals surface area contributed by atoms with Gasteiger partial charge in [0.2, 0.25) is 17.7 Å². The molecule has 0 bridgehead atoms. The van der Waals surface area contributed by atoms with E-state index in [0.717, 1.165) is 17.7 Å². The summed E-state index contributed by atoms with van der Waals surface area (Å²) in [4.78, 5) is 42.4. The van der Waals surface area contributed by atoms with Crippen LogP contribution in [0.15, 0.2) is 54.6 Å². The molecule has 8 heteroatoms. The quantitative estimate of drug-likeness (QED) is 0.582. The van der Waals surface area contributed by atoms with E-state index in [2.05, 4.69) is 0 Å². The minimum Gasteiger partial charge on any atom is -0.339 e. The molecule has 0 radical (unpaired) electrons. The zero-order chi connectivity index (χ0) is 23.8. The maximum atomic E-state index is 13.5. The Balaban J connectivity index is 1.70. The fraction of sp³-hybridized carbons (Fsp3) is 0.400. The van der Waals surface area contributed by atoms with Crippen molar-refractivity contribution in [2.24, 2.45) is 0 Å². The first kappa shape index (κ1) is 23.0. The van der Waals surface area contributed by atoms with Crippen molar-refractivity contribution in [2.45, 2.75) is 56.8 Å². The van der Waals surface area contributed by atoms with Crippen LogP contribution >= 0.6 is 0 Å². The summed E-state index contributed by atoms with van der Waals surface area (Å²) in [5.41, 5.74) is -1.59. The van der Waals surface area contributed by atoms with Gasteiger partial charge in [0, 0.05) is 32.0 Å². The van der Waals surface area contributed by atoms with Crippen LogP contribution in [0.4, 0.5) is 13.2 Å². The maximum Gasteiger partial charge on any atom is 0.416 e. The van der Waals surface area contributed by atoms with E-state index in [4.69, 9.17) is 0 Å². The van der Waals surface area contributed by atoms with E-state index in [0.29, 0.717) is 25.9 Å². The standard InChI is InChI=1S/C25H25F3N2O3/c1-2-29(16-17-7-4-3-5-8-17)21(31)14-24(15-22(32)30(23(24)33)20-11-12-20)18-9-6-10-19(13-18)25(26,27)28/h3-10,13,20H,2,11-12,14-16H2,1H3. The Hall–Kier alpha value is -3.16. The molecule has 33 heavy (non-hydrogen) atoms. The molecule has 2 aromatic carbocycles. The van der Waals surface area contributed by atoms with Crippen molar-refractivity contribution >= 4 is 17.7 Å². The number of likely N-dealkylation sites (tertiary alicyclic amines) is 1. The third-order valence-electron chi connectivity index (χ3n) is 6.41. The molecule has 3 amide bonds. The molecule has 2 aliphatic rings. The van der Waals surface area contributed by atoms with Crippen molar-refractivity contribution < 1.29 is 27.6 Å². The van der Waals surface area contributed by atoms with Crippen LogP contribution in [0.1, 0.15) is 49.3 Å². The first-order valence-corrected chi connectivity index (χ1v) is 11.0. The van der Waals surface area contributed by atoms with Crippen LogP contribution < -0.4 is 0 Å². The fourth-order valence-corrected chi connectivity index (χ4v) is 4.47. The van der Waals surface area contributed by atoms with Gasteiger partial charge in [-0.15, -0.1) is 0 Å². The second-order valence-electron chi connectivity index (χ2n) is 8.71. The molecule has 1 atom stereocenters. The molecule has 0 N–H and O–H groups in total. The molecule has 5 nitrogen and oxygen atoms in total. The highest BCUT2D eigenvalue weighted by Gasteiger charge is 2.57. The van der Waals surface area contributed by atoms with Crippen molar-refractivity contribution in [3.63, 3.8) is 0 Å². The van der Waals surface area contributed by atoms with Gasteiger partial charge in [0.1, 0.15) is 0 Å². The van der Waals surface area contributed by atoms with Crippen molar-refractivity contribution in [3.05, 3.63) is 71.3 Å². The molecule has 1 saturated heterocycles. The lowest BCUT2D eigenvalue weighted by Crippen LogP contribution is -2.44. The van der Waals surface area contributed by atoms with Gasteiger partial charge in [0.05, 0.1) is 11.0 Å². The number of carbonyl (C=O) groups excluding carboxylic acids is 3. The summed E-state index contributed by atoms with van der Waals surface area (Å²) in [6, 6.07) is 13.6. The Labute approximate surface area is 190 Å². The highest BCUT2D eigenvalue weighted by molar-refractivity contribution is 6.11. The minimum absolute atomic E-state index is 0.0583. The van der Waals surface area contributed by atoms with Crippen molar-refractivity contribution in [1.29, 1.82) is 0 Å². The number of nitrogens with zero attached hydrogens (tertiary/aromatic N) is 2. The van der Waals surface area contributed by atoms with E-state index >= 15 is 0 Å². The number of amides is 3. The SMILES string of the molecule is CCN(Cc1ccccc1)C(=O)CC1(c2cccc(C(F)(F)F)c2)CC(=O)N(C2CC2)C1=O. The van der Waals surface area contributed by atoms with Gasteiger partial charge in [-0.2, -0.15) is 13.2 Å². The van der Waals surface area contributed by atoms with E-state index in [9.17, 15) is 27.6 Å². The van der Waals surface area contributed by atoms with Crippen molar-refractivity contribution in [1.82, 2.24) is 9.80 Å². The predicted molar refractivity (Wildman–Crippen MR) is 115 cm³/mol. The average Bonchev–Trinajstić information content (AvgIpc) is 3.58. The molecule has 1 aliphatic carbocycles. The smallest absolute Gasteiger partial charge is 0.339 e. The van der Waals surface area contributed by atoms with E-state index in [1.165, 1.54) is 17.0 Å². The minimum atomic E-state index is -4.61. The monoisotopic (exact) mass is 458 g/mol. The summed E-state index contributed by atoms with van der Waals surface area (Å²) in [5, 5.41) is 0. The lowest BCUT2D eigenvalue weighted by Gasteiger charge is -2.31. The largest absolute Gasteiger partial charge is 0.416 e. The zero-order valence-electron chi connectivity index (χ0n) is 18.3. The second-order valence-corrected chi connectivity index (χ2v) is 8.71. The normalized spacial score (nSPS) is 20.9. The maximum absolute atomic E-state index is 13.5. The molecule has 1 aliphatic heterocycles. The molecule has 0 aromatic heterocycles. The molecule has 1 heterocycles. The van der Waals surface area contributed by atoms with Crippen molar-refractivity contribution in [3.8, 4) is 0 Å². The lowest BCUT2D eigenvalue weighted by atomic mass is 9.75. The van der Waals surface area contributed by atoms with E-state index in [-0.39, 0.29) is 30.4 Å². The van der Waals surface area contributed by atoms with Gasteiger partial charge in [0.15, 0.2) is 0 Å². The summed E-state index contributed by atoms with van der Waals surface area (Å²) in [5.74, 6) is -1.38. The Morgan fingerprint density at radius 3 is 2.39 bits per heavy atom. The van der Waals surface area contributed by atoms with Crippen LogP contribution in [0.2, 0.25) is 0 Å². The third-order valence-corrected chi connectivity index (χ3v) is 6.41. The van der Waals surface area contributed by atoms with E-state index in [1.807, 2.05) is 30.3 Å². The summed E-state index contributed by atoms with van der Waals surface area (Å²) in [6.45, 7) is 2.47. The van der Waals surface area contributed by atoms with Gasteiger partial charge in [-0.25, -0.2) is 0 Å². The van der Waals surface area contributed by atoms with Crippen LogP contribution in [0.3, 0.4) is 0 Å². The molecule has 0 spiro atoms. The van der Waals surface area contributed by atoms with Gasteiger partial charge in [-0.3, -0.25) is 19.3 Å². The van der Waals surface area contributed by atoms with Crippen LogP contribution in [-0.4, -0.2) is 40.1 Å². The second kappa shape index (κ2) is 8.65. The number of rotatable bonds is 7. The fourth-order valence-electron chi connectivity index (χ4n) is 4.47. The van der Waals surface area contributed by atoms with Gasteiger partial charge in [-0.05, 0) is 37.0 Å². The molecular weight excluding hydrogens is 433 g/mol. The number of hydrogen-bond acceptors (Lipinski definition) is 3. The molecule has 1 unspecified atom stereocenters. The molecule has 2 aromatic rings. The topological polar surface area (TPSA) is 57.7 Å². The Morgan fingerprint density at radius 1 is 1.09 bits per heavy atom. The van der Waals surface area contributed by atoms with Gasteiger partial charge < -0.3 is 4.90 Å². The molecule has 1 saturated carbocycles. The van der Waals surface area contributed by atoms with Gasteiger partial charge in [0.25, 0.3) is 0 Å². The molecule has 174 valence electrons. The first-order chi connectivity index (χ1) is 15.7. The Kier molecular flexibility index (Phi) is 6.03. The zero-order valence-corrected chi connectivity index (χ0v) is 18.3. The molecular formula is C25H25F3N2O3. The van der Waals surface area contributed by atoms with Gasteiger partial charge in [-0.1, -0.05) is 48.5 Å². The Bertz CT molecular complexity index is 1070. The number of hydrogen-bond donors (Lipinski definition) is 0. The van der Waals surface area contributed by atoms with Crippen LogP contribution in [-0.2, 0) is 32.5 Å². The number of alkyl halides is 3. The molecule has 4 rings (SSSR count). The third kappa shape index (κ3) is 4.51. The van der Waals surface area contributed by atoms with Crippen LogP contribution in [0, 0.1) is 0 Å². The van der Waals surface area contributed by atoms with Gasteiger partial charge >= 0.3 is 6.18 Å². The average molecular weight is 458 g/mol. The Morgan fingerprint density at radius 2 is 1.79 bits per heavy atom. The van der Waals surface area contributed by atoms with Crippen molar-refractivity contribution in [2.75, 3.05) is 6.54 Å².